The molecular weight excluding hydrogens is 312 g/mol. The molecule has 3 aromatic carbocycles. The third-order valence-electron chi connectivity index (χ3n) is 4.96. The molecule has 26 heavy (non-hydrogen) atoms. The summed E-state index contributed by atoms with van der Waals surface area (Å²) in [6, 6.07) is 32.0. The van der Waals surface area contributed by atoms with Crippen LogP contribution in [0.3, 0.4) is 0 Å². The second-order valence-electron chi connectivity index (χ2n) is 6.91. The Morgan fingerprint density at radius 2 is 0.885 bits per heavy atom. The summed E-state index contributed by atoms with van der Waals surface area (Å²) in [5.41, 5.74) is 6.10. The van der Waals surface area contributed by atoms with Crippen molar-refractivity contribution in [3.05, 3.63) is 132 Å². The average molecular weight is 334 g/mol. The number of allylic oxidation sites excluding steroid dienone is 6. The highest BCUT2D eigenvalue weighted by molar-refractivity contribution is 5.85. The van der Waals surface area contributed by atoms with E-state index in [1.54, 1.807) is 0 Å². The van der Waals surface area contributed by atoms with Gasteiger partial charge in [0.2, 0.25) is 0 Å². The Labute approximate surface area is 155 Å². The molecule has 0 amide bonds. The Hall–Kier alpha value is -3.12. The molecule has 0 nitrogen and oxygen atoms in total. The van der Waals surface area contributed by atoms with E-state index in [2.05, 4.69) is 122 Å². The van der Waals surface area contributed by atoms with Gasteiger partial charge in [-0.2, -0.15) is 0 Å². The number of rotatable bonds is 3. The van der Waals surface area contributed by atoms with Crippen LogP contribution in [0.1, 0.15) is 23.6 Å². The lowest BCUT2D eigenvalue weighted by molar-refractivity contribution is 0.763. The predicted molar refractivity (Wildman–Crippen MR) is 112 cm³/mol. The molecule has 0 aliphatic heterocycles. The van der Waals surface area contributed by atoms with Crippen molar-refractivity contribution in [2.75, 3.05) is 0 Å². The van der Waals surface area contributed by atoms with Gasteiger partial charge in [0.15, 0.2) is 0 Å². The van der Waals surface area contributed by atoms with Crippen molar-refractivity contribution in [2.24, 2.45) is 0 Å². The topological polar surface area (TPSA) is 0 Å². The molecule has 0 fully saturated rings. The van der Waals surface area contributed by atoms with Crippen molar-refractivity contribution in [2.45, 2.75) is 12.3 Å². The fourth-order valence-electron chi connectivity index (χ4n) is 3.55. The summed E-state index contributed by atoms with van der Waals surface area (Å²) in [7, 11) is 0. The summed E-state index contributed by atoms with van der Waals surface area (Å²) in [6.07, 6.45) is 9.24. The highest BCUT2D eigenvalue weighted by Crippen LogP contribution is 2.37. The van der Waals surface area contributed by atoms with Gasteiger partial charge in [-0.3, -0.25) is 0 Å². The van der Waals surface area contributed by atoms with E-state index < -0.39 is 0 Å². The Kier molecular flexibility index (Phi) is 4.41. The van der Waals surface area contributed by atoms with Gasteiger partial charge in [-0.15, -0.1) is 0 Å². The zero-order valence-electron chi connectivity index (χ0n) is 15.0. The lowest BCUT2D eigenvalue weighted by Crippen LogP contribution is -2.16. The zero-order valence-corrected chi connectivity index (χ0v) is 15.0. The van der Waals surface area contributed by atoms with Crippen LogP contribution in [0, 0.1) is 0 Å². The highest BCUT2D eigenvalue weighted by atomic mass is 14.3. The summed E-state index contributed by atoms with van der Waals surface area (Å²) >= 11 is 0. The molecule has 0 saturated heterocycles. The van der Waals surface area contributed by atoms with Crippen LogP contribution in [0.4, 0.5) is 0 Å². The Morgan fingerprint density at radius 1 is 0.500 bits per heavy atom. The average Bonchev–Trinajstić information content (AvgIpc) is 2.90. The Balaban J connectivity index is 1.89. The maximum atomic E-state index is 2.38. The standard InChI is InChI=1S/C26H22/c1-26(25-15-9-4-10-16-25)19-23(21-11-5-2-6-12-21)17-18-24(20-26)22-13-7-3-8-14-22/h2-20H,1H3. The van der Waals surface area contributed by atoms with Crippen molar-refractivity contribution < 1.29 is 0 Å². The minimum atomic E-state index is -0.179. The molecule has 0 saturated carbocycles. The van der Waals surface area contributed by atoms with Crippen LogP contribution in [-0.2, 0) is 5.41 Å². The van der Waals surface area contributed by atoms with Gasteiger partial charge in [-0.25, -0.2) is 0 Å². The second kappa shape index (κ2) is 7.01. The van der Waals surface area contributed by atoms with Crippen molar-refractivity contribution in [3.8, 4) is 0 Å². The highest BCUT2D eigenvalue weighted by Gasteiger charge is 2.24. The third kappa shape index (κ3) is 3.32. The monoisotopic (exact) mass is 334 g/mol. The van der Waals surface area contributed by atoms with Crippen LogP contribution in [-0.4, -0.2) is 0 Å². The van der Waals surface area contributed by atoms with E-state index in [0.29, 0.717) is 0 Å². The molecule has 0 atom stereocenters. The first-order valence-electron chi connectivity index (χ1n) is 9.05. The minimum Gasteiger partial charge on any atom is -0.0625 e. The maximum Gasteiger partial charge on any atom is 0.0301 e. The van der Waals surface area contributed by atoms with E-state index >= 15 is 0 Å². The number of benzene rings is 3. The molecule has 0 bridgehead atoms. The van der Waals surface area contributed by atoms with E-state index in [1.807, 2.05) is 0 Å². The SMILES string of the molecule is CC1(c2ccccc2)C=C(c2ccccc2)C=CC(c2ccccc2)=C1. The molecule has 1 aliphatic carbocycles. The first kappa shape index (κ1) is 16.4. The van der Waals surface area contributed by atoms with Crippen molar-refractivity contribution in [3.63, 3.8) is 0 Å². The Morgan fingerprint density at radius 3 is 1.31 bits per heavy atom. The smallest absolute Gasteiger partial charge is 0.0301 e. The largest absolute Gasteiger partial charge is 0.0625 e. The minimum absolute atomic E-state index is 0.179. The fourth-order valence-corrected chi connectivity index (χ4v) is 3.55. The van der Waals surface area contributed by atoms with Gasteiger partial charge in [-0.05, 0) is 34.8 Å². The molecule has 126 valence electrons. The van der Waals surface area contributed by atoms with E-state index in [-0.39, 0.29) is 5.41 Å². The lowest BCUT2D eigenvalue weighted by atomic mass is 9.79. The molecule has 0 heterocycles. The Bertz CT molecular complexity index is 899. The molecule has 4 rings (SSSR count). The zero-order chi connectivity index (χ0) is 17.8. The van der Waals surface area contributed by atoms with Crippen LogP contribution in [0.2, 0.25) is 0 Å². The normalized spacial score (nSPS) is 15.7. The number of hydrogen-bond donors (Lipinski definition) is 0. The molecule has 1 aliphatic rings. The summed E-state index contributed by atoms with van der Waals surface area (Å²) in [5, 5.41) is 0. The number of hydrogen-bond acceptors (Lipinski definition) is 0. The third-order valence-corrected chi connectivity index (χ3v) is 4.96. The van der Waals surface area contributed by atoms with Gasteiger partial charge in [0.1, 0.15) is 0 Å². The first-order chi connectivity index (χ1) is 12.7. The molecule has 0 spiro atoms. The molecular formula is C26H22. The van der Waals surface area contributed by atoms with Gasteiger partial charge >= 0.3 is 0 Å². The predicted octanol–water partition coefficient (Wildman–Crippen LogP) is 6.68. The molecule has 3 aromatic rings. The molecule has 0 unspecified atom stereocenters. The van der Waals surface area contributed by atoms with Crippen LogP contribution in [0.15, 0.2) is 115 Å². The van der Waals surface area contributed by atoms with Gasteiger partial charge in [0.05, 0.1) is 0 Å². The van der Waals surface area contributed by atoms with E-state index in [9.17, 15) is 0 Å². The molecule has 0 radical (unpaired) electrons. The molecule has 0 aromatic heterocycles. The van der Waals surface area contributed by atoms with Crippen LogP contribution >= 0.6 is 0 Å². The van der Waals surface area contributed by atoms with Crippen molar-refractivity contribution in [1.82, 2.24) is 0 Å². The van der Waals surface area contributed by atoms with Gasteiger partial charge in [-0.1, -0.05) is 115 Å². The van der Waals surface area contributed by atoms with E-state index in [0.717, 1.165) is 0 Å². The summed E-state index contributed by atoms with van der Waals surface area (Å²) in [6.45, 7) is 2.29. The van der Waals surface area contributed by atoms with E-state index in [1.165, 1.54) is 27.8 Å². The van der Waals surface area contributed by atoms with Gasteiger partial charge < -0.3 is 0 Å². The van der Waals surface area contributed by atoms with Crippen molar-refractivity contribution >= 4 is 11.1 Å². The quantitative estimate of drug-likeness (QED) is 0.501. The lowest BCUT2D eigenvalue weighted by Gasteiger charge is -2.24. The molecule has 0 heteroatoms. The first-order valence-corrected chi connectivity index (χ1v) is 9.05. The second-order valence-corrected chi connectivity index (χ2v) is 6.91. The van der Waals surface area contributed by atoms with Crippen LogP contribution < -0.4 is 0 Å². The van der Waals surface area contributed by atoms with Crippen LogP contribution in [0.25, 0.3) is 11.1 Å². The summed E-state index contributed by atoms with van der Waals surface area (Å²) in [4.78, 5) is 0. The van der Waals surface area contributed by atoms with Gasteiger partial charge in [0.25, 0.3) is 0 Å². The summed E-state index contributed by atoms with van der Waals surface area (Å²) in [5.74, 6) is 0. The fraction of sp³-hybridized carbons (Fsp3) is 0.0769. The maximum absolute atomic E-state index is 2.38. The van der Waals surface area contributed by atoms with Crippen molar-refractivity contribution in [1.29, 1.82) is 0 Å². The van der Waals surface area contributed by atoms with Crippen LogP contribution in [0.5, 0.6) is 0 Å². The summed E-state index contributed by atoms with van der Waals surface area (Å²) < 4.78 is 0. The van der Waals surface area contributed by atoms with E-state index in [4.69, 9.17) is 0 Å². The van der Waals surface area contributed by atoms with Gasteiger partial charge in [0, 0.05) is 5.41 Å². The molecule has 0 N–H and O–H groups in total.